The zero-order valence-corrected chi connectivity index (χ0v) is 29.7. The third kappa shape index (κ3) is 11.9. The van der Waals surface area contributed by atoms with Gasteiger partial charge in [0.05, 0.1) is 0 Å². The van der Waals surface area contributed by atoms with E-state index in [0.29, 0.717) is 5.56 Å². The van der Waals surface area contributed by atoms with Crippen LogP contribution in [0.3, 0.4) is 0 Å². The third-order valence-electron chi connectivity index (χ3n) is 7.14. The van der Waals surface area contributed by atoms with Crippen molar-refractivity contribution < 1.29 is 28.7 Å². The molecule has 3 rings (SSSR count). The fourth-order valence-electron chi connectivity index (χ4n) is 5.23. The van der Waals surface area contributed by atoms with Gasteiger partial charge in [-0.2, -0.15) is 0 Å². The monoisotopic (exact) mass is 657 g/mol. The highest BCUT2D eigenvalue weighted by atomic mass is 16.6. The van der Waals surface area contributed by atoms with Crippen LogP contribution in [0, 0.1) is 0 Å². The predicted octanol–water partition coefficient (Wildman–Crippen LogP) is 6.56. The van der Waals surface area contributed by atoms with E-state index in [0.717, 1.165) is 11.1 Å². The van der Waals surface area contributed by atoms with Gasteiger partial charge in [-0.05, 0) is 79.0 Å². The van der Waals surface area contributed by atoms with Crippen molar-refractivity contribution in [3.05, 3.63) is 108 Å². The van der Waals surface area contributed by atoms with Crippen molar-refractivity contribution in [1.29, 1.82) is 0 Å². The maximum Gasteiger partial charge on any atom is 0.408 e. The van der Waals surface area contributed by atoms with Gasteiger partial charge in [0.2, 0.25) is 11.8 Å². The Morgan fingerprint density at radius 2 is 1.04 bits per heavy atom. The molecule has 0 radical (unpaired) electrons. The van der Waals surface area contributed by atoms with Crippen LogP contribution in [0.15, 0.2) is 91.0 Å². The smallest absolute Gasteiger partial charge is 0.408 e. The van der Waals surface area contributed by atoms with Crippen LogP contribution in [-0.4, -0.2) is 57.6 Å². The van der Waals surface area contributed by atoms with E-state index in [9.17, 15) is 19.2 Å². The number of alkyl carbamates (subject to hydrolysis) is 1. The number of carbonyl (C=O) groups is 4. The number of nitrogens with zero attached hydrogens (tertiary/aromatic N) is 1. The molecule has 3 amide bonds. The maximum absolute atomic E-state index is 14.8. The van der Waals surface area contributed by atoms with E-state index in [-0.39, 0.29) is 12.8 Å². The second-order valence-electron chi connectivity index (χ2n) is 14.9. The summed E-state index contributed by atoms with van der Waals surface area (Å²) in [6.07, 6.45) is -0.411. The molecule has 9 heteroatoms. The SMILES string of the molecule is CC(C)(C)OC(=O)NC(Cc1ccccc1)C(=O)N(C(C(=O)NC(Cc1ccccc1)C(=O)OC(C)(C)C)c1ccccc1)C(C)(C)C. The molecule has 0 heterocycles. The van der Waals surface area contributed by atoms with Crippen molar-refractivity contribution in [1.82, 2.24) is 15.5 Å². The van der Waals surface area contributed by atoms with Crippen LogP contribution in [0.2, 0.25) is 0 Å². The summed E-state index contributed by atoms with van der Waals surface area (Å²) in [7, 11) is 0. The zero-order chi connectivity index (χ0) is 35.7. The van der Waals surface area contributed by atoms with Gasteiger partial charge < -0.3 is 25.0 Å². The molecule has 0 fully saturated rings. The summed E-state index contributed by atoms with van der Waals surface area (Å²) >= 11 is 0. The van der Waals surface area contributed by atoms with Crippen molar-refractivity contribution >= 4 is 23.9 Å². The molecule has 3 aromatic rings. The summed E-state index contributed by atoms with van der Waals surface area (Å²) in [5.74, 6) is -1.64. The number of carbonyl (C=O) groups excluding carboxylic acids is 4. The Morgan fingerprint density at radius 1 is 0.604 bits per heavy atom. The first-order valence-electron chi connectivity index (χ1n) is 16.3. The van der Waals surface area contributed by atoms with Gasteiger partial charge in [0.1, 0.15) is 29.3 Å². The lowest BCUT2D eigenvalue weighted by atomic mass is 9.93. The van der Waals surface area contributed by atoms with E-state index in [2.05, 4.69) is 10.6 Å². The average Bonchev–Trinajstić information content (AvgIpc) is 2.98. The van der Waals surface area contributed by atoms with E-state index in [1.807, 2.05) is 87.5 Å². The standard InChI is InChI=1S/C39H51N3O6/c1-37(2,3)42(34(44)30(25-27-19-13-10-14-20-27)41-36(46)48-39(7,8)9)32(29-23-17-12-18-24-29)33(43)40-31(35(45)47-38(4,5)6)26-28-21-15-11-16-22-28/h10-24,30-32H,25-26H2,1-9H3,(H,40,43)(H,41,46). The van der Waals surface area contributed by atoms with Crippen LogP contribution in [0.4, 0.5) is 4.79 Å². The minimum atomic E-state index is -1.17. The lowest BCUT2D eigenvalue weighted by molar-refractivity contribution is -0.159. The van der Waals surface area contributed by atoms with E-state index in [4.69, 9.17) is 9.47 Å². The molecule has 0 bridgehead atoms. The second kappa shape index (κ2) is 16.0. The number of nitrogens with one attached hydrogen (secondary N) is 2. The number of hydrogen-bond acceptors (Lipinski definition) is 6. The number of amides is 3. The maximum atomic E-state index is 14.8. The van der Waals surface area contributed by atoms with Crippen LogP contribution < -0.4 is 10.6 Å². The highest BCUT2D eigenvalue weighted by Gasteiger charge is 2.43. The topological polar surface area (TPSA) is 114 Å². The molecule has 0 aliphatic carbocycles. The summed E-state index contributed by atoms with van der Waals surface area (Å²) in [5.41, 5.74) is -0.318. The summed E-state index contributed by atoms with van der Waals surface area (Å²) < 4.78 is 11.3. The fraction of sp³-hybridized carbons (Fsp3) is 0.436. The first-order chi connectivity index (χ1) is 22.3. The summed E-state index contributed by atoms with van der Waals surface area (Å²) in [5, 5.41) is 5.71. The minimum absolute atomic E-state index is 0.156. The molecule has 258 valence electrons. The molecule has 48 heavy (non-hydrogen) atoms. The molecule has 3 unspecified atom stereocenters. The first-order valence-corrected chi connectivity index (χ1v) is 16.3. The molecule has 0 aliphatic rings. The van der Waals surface area contributed by atoms with Crippen LogP contribution in [0.1, 0.15) is 85.0 Å². The number of hydrogen-bond donors (Lipinski definition) is 2. The van der Waals surface area contributed by atoms with E-state index in [1.54, 1.807) is 65.8 Å². The summed E-state index contributed by atoms with van der Waals surface area (Å²) in [6.45, 7) is 16.0. The third-order valence-corrected chi connectivity index (χ3v) is 7.14. The van der Waals surface area contributed by atoms with Gasteiger partial charge in [0, 0.05) is 18.4 Å². The Labute approximate surface area is 285 Å². The van der Waals surface area contributed by atoms with E-state index >= 15 is 0 Å². The summed E-state index contributed by atoms with van der Waals surface area (Å²) in [4.78, 5) is 57.5. The molecule has 0 aromatic heterocycles. The Morgan fingerprint density at radius 3 is 1.48 bits per heavy atom. The Kier molecular flexibility index (Phi) is 12.6. The Balaban J connectivity index is 2.10. The summed E-state index contributed by atoms with van der Waals surface area (Å²) in [6, 6.07) is 24.3. The minimum Gasteiger partial charge on any atom is -0.458 e. The largest absolute Gasteiger partial charge is 0.458 e. The van der Waals surface area contributed by atoms with Crippen molar-refractivity contribution in [2.24, 2.45) is 0 Å². The van der Waals surface area contributed by atoms with Gasteiger partial charge in [-0.25, -0.2) is 9.59 Å². The van der Waals surface area contributed by atoms with Crippen LogP contribution >= 0.6 is 0 Å². The van der Waals surface area contributed by atoms with Crippen LogP contribution in [0.5, 0.6) is 0 Å². The van der Waals surface area contributed by atoms with Crippen molar-refractivity contribution in [3.8, 4) is 0 Å². The van der Waals surface area contributed by atoms with Crippen LogP contribution in [-0.2, 0) is 36.7 Å². The number of benzene rings is 3. The van der Waals surface area contributed by atoms with Gasteiger partial charge in [-0.3, -0.25) is 9.59 Å². The van der Waals surface area contributed by atoms with Gasteiger partial charge in [-0.15, -0.1) is 0 Å². The molecule has 9 nitrogen and oxygen atoms in total. The number of rotatable bonds is 11. The van der Waals surface area contributed by atoms with E-state index in [1.165, 1.54) is 4.90 Å². The predicted molar refractivity (Wildman–Crippen MR) is 187 cm³/mol. The highest BCUT2D eigenvalue weighted by molar-refractivity contribution is 5.94. The van der Waals surface area contributed by atoms with Gasteiger partial charge in [0.25, 0.3) is 0 Å². The zero-order valence-electron chi connectivity index (χ0n) is 29.7. The number of ether oxygens (including phenoxy) is 2. The molecule has 3 aromatic carbocycles. The Hall–Kier alpha value is -4.66. The average molecular weight is 658 g/mol. The van der Waals surface area contributed by atoms with Gasteiger partial charge in [0.15, 0.2) is 0 Å². The van der Waals surface area contributed by atoms with Gasteiger partial charge in [-0.1, -0.05) is 91.0 Å². The molecule has 3 atom stereocenters. The second-order valence-corrected chi connectivity index (χ2v) is 14.9. The van der Waals surface area contributed by atoms with E-state index < -0.39 is 58.7 Å². The van der Waals surface area contributed by atoms with Crippen molar-refractivity contribution in [2.75, 3.05) is 0 Å². The van der Waals surface area contributed by atoms with Crippen molar-refractivity contribution in [2.45, 2.75) is 110 Å². The molecule has 0 saturated heterocycles. The molecule has 0 saturated carbocycles. The quantitative estimate of drug-likeness (QED) is 0.226. The molecular formula is C39H51N3O6. The molecule has 0 aliphatic heterocycles. The van der Waals surface area contributed by atoms with Crippen molar-refractivity contribution in [3.63, 3.8) is 0 Å². The fourth-order valence-corrected chi connectivity index (χ4v) is 5.23. The number of esters is 1. The molecular weight excluding hydrogens is 606 g/mol. The van der Waals surface area contributed by atoms with Crippen LogP contribution in [0.25, 0.3) is 0 Å². The first kappa shape index (κ1) is 37.8. The lowest BCUT2D eigenvalue weighted by Gasteiger charge is -2.43. The van der Waals surface area contributed by atoms with Gasteiger partial charge >= 0.3 is 12.1 Å². The molecule has 0 spiro atoms. The normalized spacial score (nSPS) is 13.8. The highest BCUT2D eigenvalue weighted by Crippen LogP contribution is 2.31. The Bertz CT molecular complexity index is 1510. The lowest BCUT2D eigenvalue weighted by Crippen LogP contribution is -2.60. The molecule has 2 N–H and O–H groups in total.